The van der Waals surface area contributed by atoms with Crippen molar-refractivity contribution in [2.75, 3.05) is 0 Å². The molecule has 136 valence electrons. The molecular weight excluding hydrogens is 339 g/mol. The quantitative estimate of drug-likeness (QED) is 0.710. The van der Waals surface area contributed by atoms with E-state index >= 15 is 0 Å². The molecule has 5 nitrogen and oxygen atoms in total. The van der Waals surface area contributed by atoms with Crippen molar-refractivity contribution in [3.63, 3.8) is 0 Å². The Kier molecular flexibility index (Phi) is 5.54. The van der Waals surface area contributed by atoms with Crippen LogP contribution in [-0.4, -0.2) is 34.3 Å². The van der Waals surface area contributed by atoms with Gasteiger partial charge in [0.2, 0.25) is 0 Å². The van der Waals surface area contributed by atoms with Gasteiger partial charge in [-0.3, -0.25) is 10.1 Å². The van der Waals surface area contributed by atoms with E-state index in [9.17, 15) is 23.1 Å². The molecule has 8 heteroatoms. The molecule has 3 N–H and O–H groups in total. The largest absolute Gasteiger partial charge is 0.480 e. The van der Waals surface area contributed by atoms with Crippen LogP contribution in [-0.2, 0) is 11.3 Å². The number of carboxylic acid groups (broad SMARTS) is 1. The molecule has 2 aromatic rings. The number of aliphatic carboxylic acids is 1. The first-order valence-corrected chi connectivity index (χ1v) is 7.45. The molecule has 0 aliphatic heterocycles. The number of nitrogens with one attached hydrogen (secondary N) is 1. The number of hydrogen-bond donors (Lipinski definition) is 3. The fourth-order valence-electron chi connectivity index (χ4n) is 2.36. The number of carboxylic acids is 1. The van der Waals surface area contributed by atoms with Gasteiger partial charge in [0.15, 0.2) is 0 Å². The number of benzene rings is 1. The summed E-state index contributed by atoms with van der Waals surface area (Å²) in [6.45, 7) is 2.13. The van der Waals surface area contributed by atoms with Crippen molar-refractivity contribution in [2.45, 2.75) is 38.5 Å². The summed E-state index contributed by atoms with van der Waals surface area (Å²) in [5.41, 5.74) is -1.83. The molecule has 0 amide bonds. The molecule has 2 atom stereocenters. The molecule has 1 aromatic heterocycles. The van der Waals surface area contributed by atoms with Gasteiger partial charge < -0.3 is 14.6 Å². The zero-order chi connectivity index (χ0) is 18.8. The maximum atomic E-state index is 13.6. The van der Waals surface area contributed by atoms with Crippen molar-refractivity contribution in [3.05, 3.63) is 47.5 Å². The Balaban J connectivity index is 2.16. The second kappa shape index (κ2) is 7.28. The molecule has 0 aliphatic rings. The summed E-state index contributed by atoms with van der Waals surface area (Å²) in [7, 11) is 0. The van der Waals surface area contributed by atoms with Crippen LogP contribution in [0.25, 0.3) is 11.3 Å². The molecule has 0 fully saturated rings. The smallest absolute Gasteiger partial charge is 0.323 e. The maximum Gasteiger partial charge on any atom is 0.323 e. The highest BCUT2D eigenvalue weighted by Gasteiger charge is 2.45. The number of aliphatic hydroxyl groups is 1. The molecule has 1 heterocycles. The predicted octanol–water partition coefficient (Wildman–Crippen LogP) is 2.95. The minimum Gasteiger partial charge on any atom is -0.480 e. The van der Waals surface area contributed by atoms with Crippen molar-refractivity contribution >= 4 is 5.97 Å². The summed E-state index contributed by atoms with van der Waals surface area (Å²) in [6, 6.07) is 5.70. The van der Waals surface area contributed by atoms with Crippen LogP contribution < -0.4 is 5.32 Å². The summed E-state index contributed by atoms with van der Waals surface area (Å²) in [4.78, 5) is 11.2. The summed E-state index contributed by atoms with van der Waals surface area (Å²) in [5, 5.41) is 21.1. The zero-order valence-electron chi connectivity index (χ0n) is 13.6. The number of carbonyl (C=O) groups is 1. The minimum absolute atomic E-state index is 0.200. The SMILES string of the molecule is Cc1c(F)cccc1-c1ccc(CNC(C(=O)O)C(C)(O)C(F)F)o1. The summed E-state index contributed by atoms with van der Waals surface area (Å²) >= 11 is 0. The zero-order valence-corrected chi connectivity index (χ0v) is 13.6. The Morgan fingerprint density at radius 2 is 2.00 bits per heavy atom. The third-order valence-electron chi connectivity index (χ3n) is 3.95. The minimum atomic E-state index is -3.25. The second-order valence-corrected chi connectivity index (χ2v) is 5.86. The maximum absolute atomic E-state index is 13.6. The van der Waals surface area contributed by atoms with Gasteiger partial charge in [-0.1, -0.05) is 12.1 Å². The molecule has 2 unspecified atom stereocenters. The van der Waals surface area contributed by atoms with Crippen LogP contribution >= 0.6 is 0 Å². The number of furan rings is 1. The van der Waals surface area contributed by atoms with Gasteiger partial charge in [-0.05, 0) is 37.6 Å². The topological polar surface area (TPSA) is 82.7 Å². The Hall–Kier alpha value is -2.32. The number of alkyl halides is 2. The van der Waals surface area contributed by atoms with Crippen molar-refractivity contribution in [2.24, 2.45) is 0 Å². The van der Waals surface area contributed by atoms with Gasteiger partial charge in [-0.2, -0.15) is 0 Å². The molecule has 0 aliphatic carbocycles. The molecule has 1 aromatic carbocycles. The molecular formula is C17H18F3NO4. The van der Waals surface area contributed by atoms with E-state index in [0.717, 1.165) is 6.92 Å². The second-order valence-electron chi connectivity index (χ2n) is 5.86. The first kappa shape index (κ1) is 19.0. The lowest BCUT2D eigenvalue weighted by molar-refractivity contribution is -0.158. The third kappa shape index (κ3) is 4.02. The van der Waals surface area contributed by atoms with Crippen molar-refractivity contribution in [1.82, 2.24) is 5.32 Å². The molecule has 2 rings (SSSR count). The van der Waals surface area contributed by atoms with Gasteiger partial charge in [0, 0.05) is 5.56 Å². The van der Waals surface area contributed by atoms with E-state index < -0.39 is 29.9 Å². The van der Waals surface area contributed by atoms with E-state index in [1.165, 1.54) is 18.2 Å². The van der Waals surface area contributed by atoms with Crippen molar-refractivity contribution in [3.8, 4) is 11.3 Å². The highest BCUT2D eigenvalue weighted by atomic mass is 19.3. The monoisotopic (exact) mass is 357 g/mol. The first-order chi connectivity index (χ1) is 11.6. The van der Waals surface area contributed by atoms with Crippen LogP contribution in [0.4, 0.5) is 13.2 Å². The fourth-order valence-corrected chi connectivity index (χ4v) is 2.36. The Morgan fingerprint density at radius 3 is 2.60 bits per heavy atom. The van der Waals surface area contributed by atoms with Crippen molar-refractivity contribution in [1.29, 1.82) is 0 Å². The fraction of sp³-hybridized carbons (Fsp3) is 0.353. The van der Waals surface area contributed by atoms with E-state index in [-0.39, 0.29) is 12.3 Å². The predicted molar refractivity (Wildman–Crippen MR) is 83.7 cm³/mol. The van der Waals surface area contributed by atoms with Crippen LogP contribution in [0.2, 0.25) is 0 Å². The Bertz CT molecular complexity index is 758. The van der Waals surface area contributed by atoms with Gasteiger partial charge in [-0.25, -0.2) is 13.2 Å². The van der Waals surface area contributed by atoms with E-state index in [0.29, 0.717) is 16.9 Å². The molecule has 0 bridgehead atoms. The lowest BCUT2D eigenvalue weighted by Crippen LogP contribution is -2.57. The number of rotatable bonds is 7. The van der Waals surface area contributed by atoms with Crippen LogP contribution in [0, 0.1) is 12.7 Å². The van der Waals surface area contributed by atoms with Gasteiger partial charge in [0.05, 0.1) is 6.54 Å². The first-order valence-electron chi connectivity index (χ1n) is 7.45. The summed E-state index contributed by atoms with van der Waals surface area (Å²) in [5.74, 6) is -1.39. The highest BCUT2D eigenvalue weighted by Crippen LogP contribution is 2.27. The van der Waals surface area contributed by atoms with Crippen LogP contribution in [0.5, 0.6) is 0 Å². The van der Waals surface area contributed by atoms with Crippen LogP contribution in [0.1, 0.15) is 18.2 Å². The average molecular weight is 357 g/mol. The van der Waals surface area contributed by atoms with Gasteiger partial charge in [0.25, 0.3) is 6.43 Å². The Morgan fingerprint density at radius 1 is 1.32 bits per heavy atom. The summed E-state index contributed by atoms with van der Waals surface area (Å²) < 4.78 is 44.8. The lowest BCUT2D eigenvalue weighted by Gasteiger charge is -2.29. The Labute approximate surface area is 142 Å². The lowest BCUT2D eigenvalue weighted by atomic mass is 9.97. The molecule has 0 saturated heterocycles. The van der Waals surface area contributed by atoms with Gasteiger partial charge in [0.1, 0.15) is 29.0 Å². The number of hydrogen-bond acceptors (Lipinski definition) is 4. The van der Waals surface area contributed by atoms with E-state index in [1.54, 1.807) is 19.1 Å². The molecule has 0 saturated carbocycles. The highest BCUT2D eigenvalue weighted by molar-refractivity contribution is 5.75. The van der Waals surface area contributed by atoms with Crippen LogP contribution in [0.15, 0.2) is 34.7 Å². The van der Waals surface area contributed by atoms with E-state index in [4.69, 9.17) is 9.52 Å². The summed E-state index contributed by atoms with van der Waals surface area (Å²) in [6.07, 6.45) is -3.25. The van der Waals surface area contributed by atoms with Gasteiger partial charge >= 0.3 is 5.97 Å². The van der Waals surface area contributed by atoms with E-state index in [2.05, 4.69) is 5.32 Å². The van der Waals surface area contributed by atoms with Crippen molar-refractivity contribution < 1.29 is 32.6 Å². The van der Waals surface area contributed by atoms with Crippen LogP contribution in [0.3, 0.4) is 0 Å². The molecule has 0 radical (unpaired) electrons. The van der Waals surface area contributed by atoms with E-state index in [1.807, 2.05) is 0 Å². The van der Waals surface area contributed by atoms with Gasteiger partial charge in [-0.15, -0.1) is 0 Å². The third-order valence-corrected chi connectivity index (χ3v) is 3.95. The molecule has 25 heavy (non-hydrogen) atoms. The average Bonchev–Trinajstić information content (AvgIpc) is 2.98. The normalized spacial score (nSPS) is 15.2. The number of halogens is 3. The molecule has 0 spiro atoms. The standard InChI is InChI=1S/C17H18F3NO4/c1-9-11(4-3-5-12(9)18)13-7-6-10(25-13)8-21-14(15(22)23)17(2,24)16(19)20/h3-7,14,16,21,24H,8H2,1-2H3,(H,22,23).